The molecule has 148 valence electrons. The van der Waals surface area contributed by atoms with Crippen LogP contribution in [0.4, 0.5) is 20.6 Å². The van der Waals surface area contributed by atoms with Crippen molar-refractivity contribution in [3.8, 4) is 5.75 Å². The summed E-state index contributed by atoms with van der Waals surface area (Å²) in [6.45, 7) is 2.04. The fourth-order valence-electron chi connectivity index (χ4n) is 2.86. The van der Waals surface area contributed by atoms with Crippen LogP contribution in [0, 0.1) is 5.82 Å². The van der Waals surface area contributed by atoms with Crippen molar-refractivity contribution in [2.24, 2.45) is 0 Å². The van der Waals surface area contributed by atoms with Gasteiger partial charge >= 0.3 is 6.09 Å². The Bertz CT molecular complexity index is 995. The molecule has 0 saturated heterocycles. The average molecular weight is 408 g/mol. The number of carbonyl (C=O) groups excluding carboxylic acids is 1. The largest absolute Gasteiger partial charge is 0.419 e. The van der Waals surface area contributed by atoms with Crippen molar-refractivity contribution in [3.63, 3.8) is 0 Å². The van der Waals surface area contributed by atoms with Crippen LogP contribution in [0.15, 0.2) is 78.9 Å². The molecular formula is C23H21FN2O2S. The highest BCUT2D eigenvalue weighted by Crippen LogP contribution is 2.23. The molecule has 0 bridgehead atoms. The molecule has 0 spiro atoms. The van der Waals surface area contributed by atoms with E-state index in [2.05, 4.69) is 5.32 Å². The molecule has 0 aliphatic heterocycles. The lowest BCUT2D eigenvalue weighted by atomic mass is 10.1. The van der Waals surface area contributed by atoms with Gasteiger partial charge < -0.3 is 10.1 Å². The minimum absolute atomic E-state index is 0.178. The van der Waals surface area contributed by atoms with E-state index in [1.54, 1.807) is 43.3 Å². The van der Waals surface area contributed by atoms with Crippen LogP contribution >= 0.6 is 12.2 Å². The Hall–Kier alpha value is -3.25. The summed E-state index contributed by atoms with van der Waals surface area (Å²) in [7, 11) is 0. The van der Waals surface area contributed by atoms with Crippen molar-refractivity contribution in [2.75, 3.05) is 16.8 Å². The van der Waals surface area contributed by atoms with Gasteiger partial charge in [-0.3, -0.25) is 4.90 Å². The number of para-hydroxylation sites is 1. The summed E-state index contributed by atoms with van der Waals surface area (Å²) in [5.41, 5.74) is 1.94. The van der Waals surface area contributed by atoms with E-state index in [-0.39, 0.29) is 12.2 Å². The van der Waals surface area contributed by atoms with Crippen molar-refractivity contribution in [3.05, 3.63) is 90.2 Å². The van der Waals surface area contributed by atoms with Crippen LogP contribution in [-0.4, -0.2) is 17.6 Å². The third kappa shape index (κ3) is 5.86. The zero-order chi connectivity index (χ0) is 20.6. The predicted molar refractivity (Wildman–Crippen MR) is 118 cm³/mol. The summed E-state index contributed by atoms with van der Waals surface area (Å²) in [5.74, 6) is -0.137. The average Bonchev–Trinajstić information content (AvgIpc) is 2.70. The van der Waals surface area contributed by atoms with Gasteiger partial charge in [-0.05, 0) is 43.2 Å². The zero-order valence-corrected chi connectivity index (χ0v) is 16.8. The number of carbonyl (C=O) groups is 1. The number of thiocarbonyl (C=S) groups is 1. The van der Waals surface area contributed by atoms with Crippen molar-refractivity contribution in [1.29, 1.82) is 0 Å². The van der Waals surface area contributed by atoms with Crippen LogP contribution in [-0.2, 0) is 6.42 Å². The van der Waals surface area contributed by atoms with Crippen molar-refractivity contribution >= 4 is 34.7 Å². The number of nitrogens with one attached hydrogen (secondary N) is 1. The molecule has 0 aliphatic rings. The van der Waals surface area contributed by atoms with Gasteiger partial charge in [-0.25, -0.2) is 9.18 Å². The van der Waals surface area contributed by atoms with Crippen LogP contribution in [0.3, 0.4) is 0 Å². The molecule has 0 atom stereocenters. The number of rotatable bonds is 6. The molecule has 0 aromatic heterocycles. The van der Waals surface area contributed by atoms with Crippen molar-refractivity contribution in [2.45, 2.75) is 13.3 Å². The van der Waals surface area contributed by atoms with Crippen molar-refractivity contribution in [1.82, 2.24) is 0 Å². The van der Waals surface area contributed by atoms with E-state index in [0.29, 0.717) is 22.8 Å². The van der Waals surface area contributed by atoms with Crippen LogP contribution in [0.1, 0.15) is 12.5 Å². The highest BCUT2D eigenvalue weighted by Gasteiger charge is 2.21. The SMILES string of the molecule is CC(=S)Nc1cccc(OC(=O)N(CCc2ccccc2)c2ccccc2F)c1. The Morgan fingerprint density at radius 2 is 1.76 bits per heavy atom. The summed E-state index contributed by atoms with van der Waals surface area (Å²) in [6.07, 6.45) is -0.0852. The molecule has 0 saturated carbocycles. The molecule has 3 aromatic carbocycles. The second-order valence-electron chi connectivity index (χ2n) is 6.42. The number of anilines is 2. The fourth-order valence-corrected chi connectivity index (χ4v) is 2.98. The maximum atomic E-state index is 14.4. The van der Waals surface area contributed by atoms with E-state index in [4.69, 9.17) is 17.0 Å². The van der Waals surface area contributed by atoms with Crippen molar-refractivity contribution < 1.29 is 13.9 Å². The lowest BCUT2D eigenvalue weighted by Crippen LogP contribution is -2.36. The molecule has 0 fully saturated rings. The monoisotopic (exact) mass is 408 g/mol. The number of halogens is 1. The van der Waals surface area contributed by atoms with Crippen LogP contribution in [0.2, 0.25) is 0 Å². The van der Waals surface area contributed by atoms with E-state index in [0.717, 1.165) is 5.56 Å². The second kappa shape index (κ2) is 9.80. The summed E-state index contributed by atoms with van der Waals surface area (Å²) in [4.78, 5) is 14.8. The van der Waals surface area contributed by atoms with Crippen LogP contribution in [0.5, 0.6) is 5.75 Å². The number of ether oxygens (including phenoxy) is 1. The molecule has 6 heteroatoms. The molecule has 3 rings (SSSR count). The van der Waals surface area contributed by atoms with Crippen LogP contribution in [0.25, 0.3) is 0 Å². The predicted octanol–water partition coefficient (Wildman–Crippen LogP) is 5.83. The molecule has 1 amide bonds. The summed E-state index contributed by atoms with van der Waals surface area (Å²) < 4.78 is 19.9. The Balaban J connectivity index is 1.80. The first-order valence-corrected chi connectivity index (χ1v) is 9.59. The first-order valence-electron chi connectivity index (χ1n) is 9.18. The number of nitrogens with zero attached hydrogens (tertiary/aromatic N) is 1. The molecule has 0 heterocycles. The van der Waals surface area contributed by atoms with E-state index in [9.17, 15) is 9.18 Å². The minimum atomic E-state index is -0.651. The molecule has 0 radical (unpaired) electrons. The summed E-state index contributed by atoms with van der Waals surface area (Å²) in [6, 6.07) is 22.8. The second-order valence-corrected chi connectivity index (χ2v) is 7.03. The quantitative estimate of drug-likeness (QED) is 0.521. The topological polar surface area (TPSA) is 41.6 Å². The van der Waals surface area contributed by atoms with Gasteiger partial charge in [-0.1, -0.05) is 60.7 Å². The maximum absolute atomic E-state index is 14.4. The highest BCUT2D eigenvalue weighted by atomic mass is 32.1. The molecule has 4 nitrogen and oxygen atoms in total. The molecule has 0 aliphatic carbocycles. The van der Waals surface area contributed by atoms with E-state index >= 15 is 0 Å². The maximum Gasteiger partial charge on any atom is 0.419 e. The lowest BCUT2D eigenvalue weighted by Gasteiger charge is -2.23. The van der Waals surface area contributed by atoms with Gasteiger partial charge in [-0.15, -0.1) is 0 Å². The standard InChI is InChI=1S/C23H21FN2O2S/c1-17(29)25-19-10-7-11-20(16-19)28-23(27)26(22-13-6-5-12-21(22)24)15-14-18-8-3-2-4-9-18/h2-13,16H,14-15H2,1H3,(H,25,29). The molecule has 1 N–H and O–H groups in total. The van der Waals surface area contributed by atoms with Crippen LogP contribution < -0.4 is 15.0 Å². The van der Waals surface area contributed by atoms with E-state index in [1.165, 1.54) is 11.0 Å². The van der Waals surface area contributed by atoms with Gasteiger partial charge in [0.25, 0.3) is 0 Å². The Kier molecular flexibility index (Phi) is 6.92. The number of hydrogen-bond donors (Lipinski definition) is 1. The van der Waals surface area contributed by atoms with Gasteiger partial charge in [0.1, 0.15) is 11.6 Å². The Morgan fingerprint density at radius 1 is 1.03 bits per heavy atom. The van der Waals surface area contributed by atoms with Gasteiger partial charge in [0.15, 0.2) is 0 Å². The first kappa shape index (κ1) is 20.5. The summed E-state index contributed by atoms with van der Waals surface area (Å²) >= 11 is 5.04. The summed E-state index contributed by atoms with van der Waals surface area (Å²) in [5, 5.41) is 3.00. The molecule has 3 aromatic rings. The number of amides is 1. The zero-order valence-electron chi connectivity index (χ0n) is 16.0. The third-order valence-electron chi connectivity index (χ3n) is 4.19. The smallest absolute Gasteiger partial charge is 0.410 e. The first-order chi connectivity index (χ1) is 14.0. The molecule has 0 unspecified atom stereocenters. The van der Waals surface area contributed by atoms with Gasteiger partial charge in [0.05, 0.1) is 10.7 Å². The van der Waals surface area contributed by atoms with Gasteiger partial charge in [0.2, 0.25) is 0 Å². The normalized spacial score (nSPS) is 10.3. The van der Waals surface area contributed by atoms with Gasteiger partial charge in [-0.2, -0.15) is 0 Å². The minimum Gasteiger partial charge on any atom is -0.410 e. The van der Waals surface area contributed by atoms with E-state index < -0.39 is 11.9 Å². The lowest BCUT2D eigenvalue weighted by molar-refractivity contribution is 0.207. The number of benzene rings is 3. The Morgan fingerprint density at radius 3 is 2.48 bits per heavy atom. The van der Waals surface area contributed by atoms with E-state index in [1.807, 2.05) is 36.4 Å². The molecule has 29 heavy (non-hydrogen) atoms. The number of hydrogen-bond acceptors (Lipinski definition) is 3. The molecular weight excluding hydrogens is 387 g/mol. The third-order valence-corrected chi connectivity index (χ3v) is 4.29. The van der Waals surface area contributed by atoms with Gasteiger partial charge in [0, 0.05) is 18.3 Å². The highest BCUT2D eigenvalue weighted by molar-refractivity contribution is 7.80. The Labute approximate surface area is 174 Å². The fraction of sp³-hybridized carbons (Fsp3) is 0.130.